The fourth-order valence-electron chi connectivity index (χ4n) is 4.10. The highest BCUT2D eigenvalue weighted by atomic mass is 16.7. The molecular weight excluding hydrogens is 360 g/mol. The second-order valence-electron chi connectivity index (χ2n) is 7.23. The van der Waals surface area contributed by atoms with E-state index in [1.54, 1.807) is 6.07 Å². The van der Waals surface area contributed by atoms with Gasteiger partial charge in [-0.05, 0) is 33.7 Å². The summed E-state index contributed by atoms with van der Waals surface area (Å²) in [5.74, 6) is 0.495. The summed E-state index contributed by atoms with van der Waals surface area (Å²) in [7, 11) is 0. The molecule has 5 unspecified atom stereocenters. The molecule has 1 aliphatic rings. The van der Waals surface area contributed by atoms with Gasteiger partial charge in [-0.1, -0.05) is 42.5 Å². The first-order valence-corrected chi connectivity index (χ1v) is 9.22. The number of aliphatic hydroxyl groups is 4. The topological polar surface area (TPSA) is 99.4 Å². The molecule has 0 aliphatic carbocycles. The molecule has 6 heteroatoms. The van der Waals surface area contributed by atoms with Crippen LogP contribution in [0.4, 0.5) is 0 Å². The summed E-state index contributed by atoms with van der Waals surface area (Å²) in [6.45, 7) is -0.497. The lowest BCUT2D eigenvalue weighted by Crippen LogP contribution is -2.60. The smallest absolute Gasteiger partial charge is 0.229 e. The Kier molecular flexibility index (Phi) is 4.12. The fourth-order valence-corrected chi connectivity index (χ4v) is 4.10. The quantitative estimate of drug-likeness (QED) is 0.404. The number of hydrogen-bond acceptors (Lipinski definition) is 6. The molecule has 1 aliphatic heterocycles. The van der Waals surface area contributed by atoms with Gasteiger partial charge in [0.15, 0.2) is 0 Å². The highest BCUT2D eigenvalue weighted by Gasteiger charge is 2.44. The Hall–Kier alpha value is -2.48. The molecule has 0 aromatic heterocycles. The van der Waals surface area contributed by atoms with Crippen molar-refractivity contribution < 1.29 is 29.9 Å². The van der Waals surface area contributed by atoms with E-state index in [-0.39, 0.29) is 0 Å². The lowest BCUT2D eigenvalue weighted by atomic mass is 9.94. The molecule has 0 saturated carbocycles. The monoisotopic (exact) mass is 380 g/mol. The predicted octanol–water partition coefficient (Wildman–Crippen LogP) is 1.76. The van der Waals surface area contributed by atoms with Crippen LogP contribution in [0.5, 0.6) is 5.75 Å². The molecular formula is C22H20O6. The Morgan fingerprint density at radius 3 is 2.11 bits per heavy atom. The first-order valence-electron chi connectivity index (χ1n) is 9.22. The molecule has 4 N–H and O–H groups in total. The summed E-state index contributed by atoms with van der Waals surface area (Å²) in [6.07, 6.45) is -6.56. The largest absolute Gasteiger partial charge is 0.461 e. The van der Waals surface area contributed by atoms with E-state index in [0.717, 1.165) is 32.3 Å². The highest BCUT2D eigenvalue weighted by Crippen LogP contribution is 2.39. The van der Waals surface area contributed by atoms with Gasteiger partial charge < -0.3 is 29.9 Å². The molecule has 144 valence electrons. The van der Waals surface area contributed by atoms with Crippen molar-refractivity contribution in [2.75, 3.05) is 6.61 Å². The molecule has 4 aromatic rings. The summed E-state index contributed by atoms with van der Waals surface area (Å²) in [5, 5.41) is 46.0. The third-order valence-corrected chi connectivity index (χ3v) is 5.58. The first-order chi connectivity index (χ1) is 13.6. The van der Waals surface area contributed by atoms with E-state index in [4.69, 9.17) is 9.47 Å². The van der Waals surface area contributed by atoms with Crippen molar-refractivity contribution in [2.45, 2.75) is 30.7 Å². The van der Waals surface area contributed by atoms with Crippen molar-refractivity contribution in [3.05, 3.63) is 54.6 Å². The van der Waals surface area contributed by atoms with Crippen LogP contribution in [0, 0.1) is 0 Å². The van der Waals surface area contributed by atoms with E-state index in [1.807, 2.05) is 24.3 Å². The minimum atomic E-state index is -1.48. The van der Waals surface area contributed by atoms with Gasteiger partial charge in [-0.3, -0.25) is 0 Å². The zero-order valence-electron chi connectivity index (χ0n) is 14.9. The number of benzene rings is 4. The average Bonchev–Trinajstić information content (AvgIpc) is 2.73. The van der Waals surface area contributed by atoms with E-state index in [2.05, 4.69) is 24.3 Å². The Bertz CT molecular complexity index is 1120. The van der Waals surface area contributed by atoms with Crippen molar-refractivity contribution in [2.24, 2.45) is 0 Å². The zero-order valence-corrected chi connectivity index (χ0v) is 14.9. The summed E-state index contributed by atoms with van der Waals surface area (Å²) in [5.41, 5.74) is 0. The van der Waals surface area contributed by atoms with Crippen molar-refractivity contribution in [3.8, 4) is 5.75 Å². The van der Waals surface area contributed by atoms with Crippen LogP contribution in [0.25, 0.3) is 32.3 Å². The highest BCUT2D eigenvalue weighted by molar-refractivity contribution is 6.24. The van der Waals surface area contributed by atoms with Crippen LogP contribution in [-0.4, -0.2) is 57.7 Å². The molecule has 0 amide bonds. The minimum Gasteiger partial charge on any atom is -0.461 e. The van der Waals surface area contributed by atoms with Gasteiger partial charge in [0.1, 0.15) is 30.2 Å². The first kappa shape index (κ1) is 17.6. The van der Waals surface area contributed by atoms with Gasteiger partial charge in [0.2, 0.25) is 6.29 Å². The van der Waals surface area contributed by atoms with E-state index < -0.39 is 37.3 Å². The van der Waals surface area contributed by atoms with Gasteiger partial charge in [-0.2, -0.15) is 0 Å². The molecule has 6 nitrogen and oxygen atoms in total. The van der Waals surface area contributed by atoms with Crippen LogP contribution >= 0.6 is 0 Å². The van der Waals surface area contributed by atoms with Crippen molar-refractivity contribution >= 4 is 32.3 Å². The van der Waals surface area contributed by atoms with Crippen LogP contribution in [0.3, 0.4) is 0 Å². The van der Waals surface area contributed by atoms with Gasteiger partial charge >= 0.3 is 0 Å². The van der Waals surface area contributed by atoms with Gasteiger partial charge in [-0.25, -0.2) is 0 Å². The normalized spacial score (nSPS) is 28.4. The maximum absolute atomic E-state index is 10.3. The van der Waals surface area contributed by atoms with Crippen LogP contribution in [-0.2, 0) is 4.74 Å². The molecule has 4 aromatic carbocycles. The van der Waals surface area contributed by atoms with E-state index in [1.165, 1.54) is 0 Å². The molecule has 0 spiro atoms. The molecule has 5 atom stereocenters. The minimum absolute atomic E-state index is 0.495. The summed E-state index contributed by atoms with van der Waals surface area (Å²) >= 11 is 0. The van der Waals surface area contributed by atoms with Crippen molar-refractivity contribution in [3.63, 3.8) is 0 Å². The number of hydrogen-bond donors (Lipinski definition) is 4. The summed E-state index contributed by atoms with van der Waals surface area (Å²) in [6, 6.07) is 18.0. The van der Waals surface area contributed by atoms with Crippen molar-refractivity contribution in [1.82, 2.24) is 0 Å². The standard InChI is InChI=1S/C22H20O6/c23-10-16-19(24)20(25)21(26)22(28-16)27-15-9-7-13-5-4-11-2-1-3-12-6-8-14(15)18(13)17(11)12/h1-9,16,19-26H,10H2. The van der Waals surface area contributed by atoms with Gasteiger partial charge in [0.25, 0.3) is 0 Å². The summed E-state index contributed by atoms with van der Waals surface area (Å²) < 4.78 is 11.4. The van der Waals surface area contributed by atoms with Gasteiger partial charge in [-0.15, -0.1) is 0 Å². The zero-order chi connectivity index (χ0) is 19.4. The van der Waals surface area contributed by atoms with Crippen LogP contribution in [0.1, 0.15) is 0 Å². The Morgan fingerprint density at radius 1 is 0.750 bits per heavy atom. The third-order valence-electron chi connectivity index (χ3n) is 5.58. The second kappa shape index (κ2) is 6.55. The lowest BCUT2D eigenvalue weighted by Gasteiger charge is -2.39. The van der Waals surface area contributed by atoms with Crippen LogP contribution < -0.4 is 4.74 Å². The number of rotatable bonds is 3. The van der Waals surface area contributed by atoms with Crippen molar-refractivity contribution in [1.29, 1.82) is 0 Å². The fraction of sp³-hybridized carbons (Fsp3) is 0.273. The number of ether oxygens (including phenoxy) is 2. The van der Waals surface area contributed by atoms with Crippen LogP contribution in [0.2, 0.25) is 0 Å². The van der Waals surface area contributed by atoms with E-state index in [0.29, 0.717) is 5.75 Å². The molecule has 5 rings (SSSR count). The molecule has 1 saturated heterocycles. The van der Waals surface area contributed by atoms with Gasteiger partial charge in [0, 0.05) is 10.8 Å². The lowest BCUT2D eigenvalue weighted by molar-refractivity contribution is -0.277. The Morgan fingerprint density at radius 2 is 1.39 bits per heavy atom. The third kappa shape index (κ3) is 2.54. The molecule has 0 bridgehead atoms. The number of aliphatic hydroxyl groups excluding tert-OH is 4. The second-order valence-corrected chi connectivity index (χ2v) is 7.23. The summed E-state index contributed by atoms with van der Waals surface area (Å²) in [4.78, 5) is 0. The predicted molar refractivity (Wildman–Crippen MR) is 105 cm³/mol. The SMILES string of the molecule is OCC1OC(Oc2ccc3ccc4cccc5ccc2c3c45)C(O)C(O)C1O. The van der Waals surface area contributed by atoms with E-state index in [9.17, 15) is 20.4 Å². The molecule has 0 radical (unpaired) electrons. The Balaban J connectivity index is 1.61. The van der Waals surface area contributed by atoms with Gasteiger partial charge in [0.05, 0.1) is 6.61 Å². The van der Waals surface area contributed by atoms with E-state index >= 15 is 0 Å². The molecule has 1 fully saturated rings. The molecule has 28 heavy (non-hydrogen) atoms. The Labute approximate surface area is 160 Å². The van der Waals surface area contributed by atoms with Crippen LogP contribution in [0.15, 0.2) is 54.6 Å². The molecule has 1 heterocycles. The maximum Gasteiger partial charge on any atom is 0.229 e. The average molecular weight is 380 g/mol. The maximum atomic E-state index is 10.3.